The van der Waals surface area contributed by atoms with Crippen LogP contribution in [0.15, 0.2) is 42.5 Å². The summed E-state index contributed by atoms with van der Waals surface area (Å²) in [5.74, 6) is -1.37. The van der Waals surface area contributed by atoms with Gasteiger partial charge in [-0.1, -0.05) is 6.07 Å². The Hall–Kier alpha value is -1.89. The van der Waals surface area contributed by atoms with Crippen LogP contribution in [-0.4, -0.2) is 11.8 Å². The standard InChI is InChI=1S/C16H15IN2O2/c1-10-7-11(2)9-14(8-10)19-16(21)15(20)18-13-5-3-12(17)4-6-13/h3-9H,1-2H3,(H,18,20)(H,19,21). The van der Waals surface area contributed by atoms with Crippen LogP contribution in [0.2, 0.25) is 0 Å². The number of nitrogens with one attached hydrogen (secondary N) is 2. The summed E-state index contributed by atoms with van der Waals surface area (Å²) >= 11 is 2.17. The molecule has 2 aromatic rings. The highest BCUT2D eigenvalue weighted by atomic mass is 127. The molecule has 0 fully saturated rings. The Balaban J connectivity index is 2.02. The van der Waals surface area contributed by atoms with Crippen LogP contribution in [0.25, 0.3) is 0 Å². The summed E-state index contributed by atoms with van der Waals surface area (Å²) in [4.78, 5) is 23.7. The van der Waals surface area contributed by atoms with Crippen LogP contribution in [-0.2, 0) is 9.59 Å². The van der Waals surface area contributed by atoms with E-state index in [2.05, 4.69) is 33.2 Å². The predicted molar refractivity (Wildman–Crippen MR) is 92.3 cm³/mol. The van der Waals surface area contributed by atoms with E-state index in [-0.39, 0.29) is 0 Å². The Kier molecular flexibility index (Phi) is 4.95. The van der Waals surface area contributed by atoms with E-state index in [1.54, 1.807) is 12.1 Å². The minimum atomic E-state index is -0.685. The maximum Gasteiger partial charge on any atom is 0.314 e. The lowest BCUT2D eigenvalue weighted by atomic mass is 10.1. The van der Waals surface area contributed by atoms with Crippen LogP contribution in [0.4, 0.5) is 11.4 Å². The molecule has 21 heavy (non-hydrogen) atoms. The summed E-state index contributed by atoms with van der Waals surface area (Å²) in [7, 11) is 0. The molecule has 2 N–H and O–H groups in total. The lowest BCUT2D eigenvalue weighted by Crippen LogP contribution is -2.29. The van der Waals surface area contributed by atoms with Crippen molar-refractivity contribution >= 4 is 45.8 Å². The summed E-state index contributed by atoms with van der Waals surface area (Å²) in [5, 5.41) is 5.17. The molecule has 0 spiro atoms. The van der Waals surface area contributed by atoms with E-state index in [0.717, 1.165) is 14.7 Å². The first-order chi connectivity index (χ1) is 9.94. The van der Waals surface area contributed by atoms with Gasteiger partial charge in [0.15, 0.2) is 0 Å². The monoisotopic (exact) mass is 394 g/mol. The second kappa shape index (κ2) is 6.71. The second-order valence-electron chi connectivity index (χ2n) is 4.79. The van der Waals surface area contributed by atoms with E-state index >= 15 is 0 Å². The number of carbonyl (C=O) groups is 2. The number of hydrogen-bond donors (Lipinski definition) is 2. The third-order valence-corrected chi connectivity index (χ3v) is 3.51. The molecule has 0 saturated carbocycles. The minimum absolute atomic E-state index is 0.594. The Bertz CT molecular complexity index is 661. The van der Waals surface area contributed by atoms with E-state index in [1.165, 1.54) is 0 Å². The van der Waals surface area contributed by atoms with Gasteiger partial charge >= 0.3 is 11.8 Å². The zero-order valence-electron chi connectivity index (χ0n) is 11.7. The Morgan fingerprint density at radius 2 is 1.29 bits per heavy atom. The van der Waals surface area contributed by atoms with Gasteiger partial charge in [-0.3, -0.25) is 9.59 Å². The summed E-state index contributed by atoms with van der Waals surface area (Å²) in [5.41, 5.74) is 3.28. The highest BCUT2D eigenvalue weighted by Crippen LogP contribution is 2.14. The van der Waals surface area contributed by atoms with Crippen LogP contribution in [0.1, 0.15) is 11.1 Å². The van der Waals surface area contributed by atoms with Crippen molar-refractivity contribution in [1.29, 1.82) is 0 Å². The van der Waals surface area contributed by atoms with Gasteiger partial charge in [-0.05, 0) is 84.0 Å². The number of hydrogen-bond acceptors (Lipinski definition) is 2. The van der Waals surface area contributed by atoms with Crippen molar-refractivity contribution in [3.05, 3.63) is 57.2 Å². The maximum absolute atomic E-state index is 11.9. The molecule has 0 unspecified atom stereocenters. The van der Waals surface area contributed by atoms with Crippen molar-refractivity contribution in [3.8, 4) is 0 Å². The molecule has 2 rings (SSSR count). The van der Waals surface area contributed by atoms with Crippen molar-refractivity contribution in [3.63, 3.8) is 0 Å². The molecule has 0 saturated heterocycles. The SMILES string of the molecule is Cc1cc(C)cc(NC(=O)C(=O)Nc2ccc(I)cc2)c1. The number of benzene rings is 2. The Labute approximate surface area is 137 Å². The molecule has 0 aliphatic carbocycles. The fraction of sp³-hybridized carbons (Fsp3) is 0.125. The quantitative estimate of drug-likeness (QED) is 0.605. The third-order valence-electron chi connectivity index (χ3n) is 2.79. The van der Waals surface area contributed by atoms with Gasteiger partial charge in [-0.25, -0.2) is 0 Å². The van der Waals surface area contributed by atoms with Crippen molar-refractivity contribution in [2.75, 3.05) is 10.6 Å². The van der Waals surface area contributed by atoms with Crippen molar-refractivity contribution in [2.24, 2.45) is 0 Å². The minimum Gasteiger partial charge on any atom is -0.318 e. The highest BCUT2D eigenvalue weighted by Gasteiger charge is 2.14. The molecule has 0 aliphatic heterocycles. The maximum atomic E-state index is 11.9. The molecule has 2 aromatic carbocycles. The Morgan fingerprint density at radius 1 is 0.810 bits per heavy atom. The van der Waals surface area contributed by atoms with Crippen LogP contribution >= 0.6 is 22.6 Å². The molecule has 0 heterocycles. The van der Waals surface area contributed by atoms with E-state index in [0.29, 0.717) is 11.4 Å². The molecule has 0 bridgehead atoms. The molecule has 5 heteroatoms. The third kappa shape index (κ3) is 4.56. The van der Waals surface area contributed by atoms with E-state index in [4.69, 9.17) is 0 Å². The summed E-state index contributed by atoms with van der Waals surface area (Å²) < 4.78 is 1.06. The van der Waals surface area contributed by atoms with Crippen molar-refractivity contribution < 1.29 is 9.59 Å². The van der Waals surface area contributed by atoms with Gasteiger partial charge in [-0.2, -0.15) is 0 Å². The van der Waals surface area contributed by atoms with E-state index in [9.17, 15) is 9.59 Å². The van der Waals surface area contributed by atoms with Crippen LogP contribution in [0, 0.1) is 17.4 Å². The van der Waals surface area contributed by atoms with Crippen LogP contribution in [0.3, 0.4) is 0 Å². The highest BCUT2D eigenvalue weighted by molar-refractivity contribution is 14.1. The molecule has 0 aromatic heterocycles. The van der Waals surface area contributed by atoms with Crippen molar-refractivity contribution in [1.82, 2.24) is 0 Å². The van der Waals surface area contributed by atoms with Gasteiger partial charge in [0, 0.05) is 14.9 Å². The molecule has 0 aliphatic rings. The topological polar surface area (TPSA) is 58.2 Å². The smallest absolute Gasteiger partial charge is 0.314 e. The first-order valence-electron chi connectivity index (χ1n) is 6.40. The number of anilines is 2. The van der Waals surface area contributed by atoms with E-state index in [1.807, 2.05) is 44.2 Å². The molecular weight excluding hydrogens is 379 g/mol. The number of amides is 2. The molecule has 2 amide bonds. The number of aryl methyl sites for hydroxylation is 2. The molecule has 4 nitrogen and oxygen atoms in total. The zero-order valence-corrected chi connectivity index (χ0v) is 13.9. The van der Waals surface area contributed by atoms with Gasteiger partial charge in [0.1, 0.15) is 0 Å². The first-order valence-corrected chi connectivity index (χ1v) is 7.48. The Morgan fingerprint density at radius 3 is 1.81 bits per heavy atom. The van der Waals surface area contributed by atoms with Gasteiger partial charge in [0.2, 0.25) is 0 Å². The van der Waals surface area contributed by atoms with Gasteiger partial charge in [0.25, 0.3) is 0 Å². The normalized spacial score (nSPS) is 10.0. The lowest BCUT2D eigenvalue weighted by molar-refractivity contribution is -0.132. The first kappa shape index (κ1) is 15.5. The zero-order chi connectivity index (χ0) is 15.4. The number of carbonyl (C=O) groups excluding carboxylic acids is 2. The molecule has 0 atom stereocenters. The lowest BCUT2D eigenvalue weighted by Gasteiger charge is -2.08. The summed E-state index contributed by atoms with van der Waals surface area (Å²) in [6.07, 6.45) is 0. The fourth-order valence-electron chi connectivity index (χ4n) is 1.96. The average Bonchev–Trinajstić information content (AvgIpc) is 2.40. The van der Waals surface area contributed by atoms with Gasteiger partial charge in [-0.15, -0.1) is 0 Å². The molecule has 0 radical (unpaired) electrons. The number of rotatable bonds is 2. The van der Waals surface area contributed by atoms with E-state index < -0.39 is 11.8 Å². The van der Waals surface area contributed by atoms with Crippen molar-refractivity contribution in [2.45, 2.75) is 13.8 Å². The predicted octanol–water partition coefficient (Wildman–Crippen LogP) is 3.49. The number of halogens is 1. The second-order valence-corrected chi connectivity index (χ2v) is 6.04. The fourth-order valence-corrected chi connectivity index (χ4v) is 2.32. The molecular formula is C16H15IN2O2. The largest absolute Gasteiger partial charge is 0.318 e. The van der Waals surface area contributed by atoms with Crippen LogP contribution < -0.4 is 10.6 Å². The van der Waals surface area contributed by atoms with Gasteiger partial charge < -0.3 is 10.6 Å². The summed E-state index contributed by atoms with van der Waals surface area (Å²) in [6, 6.07) is 12.9. The van der Waals surface area contributed by atoms with Crippen LogP contribution in [0.5, 0.6) is 0 Å². The molecule has 108 valence electrons. The summed E-state index contributed by atoms with van der Waals surface area (Å²) in [6.45, 7) is 3.88. The van der Waals surface area contributed by atoms with Gasteiger partial charge in [0.05, 0.1) is 0 Å². The average molecular weight is 394 g/mol.